The Morgan fingerprint density at radius 1 is 1.16 bits per heavy atom. The lowest BCUT2D eigenvalue weighted by atomic mass is 10.0. The van der Waals surface area contributed by atoms with E-state index in [9.17, 15) is 9.59 Å². The first-order valence-corrected chi connectivity index (χ1v) is 5.93. The van der Waals surface area contributed by atoms with Gasteiger partial charge in [0.25, 0.3) is 0 Å². The van der Waals surface area contributed by atoms with Gasteiger partial charge in [0.1, 0.15) is 5.75 Å². The van der Waals surface area contributed by atoms with E-state index in [1.165, 1.54) is 13.8 Å². The summed E-state index contributed by atoms with van der Waals surface area (Å²) in [6.07, 6.45) is -1.00. The first kappa shape index (κ1) is 13.1. The van der Waals surface area contributed by atoms with Crippen molar-refractivity contribution >= 4 is 22.5 Å². The summed E-state index contributed by atoms with van der Waals surface area (Å²) in [6, 6.07) is 10.9. The van der Waals surface area contributed by atoms with E-state index in [-0.39, 0.29) is 5.78 Å². The van der Waals surface area contributed by atoms with Crippen LogP contribution in [0.1, 0.15) is 24.2 Å². The zero-order chi connectivity index (χ0) is 14.0. The lowest BCUT2D eigenvalue weighted by molar-refractivity contribution is -0.144. The number of ketones is 1. The van der Waals surface area contributed by atoms with Crippen molar-refractivity contribution in [3.05, 3.63) is 42.0 Å². The van der Waals surface area contributed by atoms with Crippen LogP contribution in [-0.4, -0.2) is 23.0 Å². The molecule has 0 fully saturated rings. The van der Waals surface area contributed by atoms with Crippen LogP contribution in [0.3, 0.4) is 0 Å². The average Bonchev–Trinajstić information content (AvgIpc) is 2.37. The van der Waals surface area contributed by atoms with Crippen molar-refractivity contribution in [2.75, 3.05) is 0 Å². The molecule has 2 aromatic carbocycles. The molecule has 2 rings (SSSR count). The number of aliphatic carboxylic acids is 1. The third-order valence-electron chi connectivity index (χ3n) is 2.89. The maximum absolute atomic E-state index is 11.8. The van der Waals surface area contributed by atoms with Crippen LogP contribution in [0.25, 0.3) is 10.8 Å². The van der Waals surface area contributed by atoms with Crippen molar-refractivity contribution in [3.63, 3.8) is 0 Å². The molecular formula is C15H14O4. The van der Waals surface area contributed by atoms with Crippen LogP contribution in [0.2, 0.25) is 0 Å². The highest BCUT2D eigenvalue weighted by atomic mass is 16.5. The first-order chi connectivity index (χ1) is 9.00. The van der Waals surface area contributed by atoms with Gasteiger partial charge in [-0.3, -0.25) is 4.79 Å². The summed E-state index contributed by atoms with van der Waals surface area (Å²) in [5.41, 5.74) is 0.422. The number of fused-ring (bicyclic) bond motifs is 1. The van der Waals surface area contributed by atoms with Crippen LogP contribution < -0.4 is 4.74 Å². The highest BCUT2D eigenvalue weighted by molar-refractivity contribution is 6.09. The maximum atomic E-state index is 11.8. The number of carboxylic acid groups (broad SMARTS) is 1. The number of rotatable bonds is 4. The molecule has 1 N–H and O–H groups in total. The van der Waals surface area contributed by atoms with Gasteiger partial charge in [0.05, 0.1) is 5.56 Å². The molecule has 4 nitrogen and oxygen atoms in total. The second-order valence-corrected chi connectivity index (χ2v) is 4.31. The van der Waals surface area contributed by atoms with Gasteiger partial charge < -0.3 is 9.84 Å². The molecule has 0 unspecified atom stereocenters. The summed E-state index contributed by atoms with van der Waals surface area (Å²) < 4.78 is 5.36. The number of carbonyl (C=O) groups is 2. The van der Waals surface area contributed by atoms with E-state index in [1.807, 2.05) is 30.3 Å². The largest absolute Gasteiger partial charge is 0.479 e. The van der Waals surface area contributed by atoms with Crippen LogP contribution in [-0.2, 0) is 4.79 Å². The van der Waals surface area contributed by atoms with E-state index >= 15 is 0 Å². The van der Waals surface area contributed by atoms with Gasteiger partial charge >= 0.3 is 5.97 Å². The average molecular weight is 258 g/mol. The SMILES string of the molecule is CC(=O)c1c(O[C@H](C)C(=O)O)ccc2ccccc12. The zero-order valence-corrected chi connectivity index (χ0v) is 10.7. The molecule has 1 atom stereocenters. The second-order valence-electron chi connectivity index (χ2n) is 4.31. The molecule has 4 heteroatoms. The van der Waals surface area contributed by atoms with Crippen LogP contribution in [0.5, 0.6) is 5.75 Å². The van der Waals surface area contributed by atoms with Crippen LogP contribution in [0, 0.1) is 0 Å². The molecule has 0 aromatic heterocycles. The fraction of sp³-hybridized carbons (Fsp3) is 0.200. The third kappa shape index (κ3) is 2.57. The quantitative estimate of drug-likeness (QED) is 0.856. The van der Waals surface area contributed by atoms with Gasteiger partial charge in [-0.1, -0.05) is 30.3 Å². The monoisotopic (exact) mass is 258 g/mol. The molecule has 2 aromatic rings. The number of hydrogen-bond acceptors (Lipinski definition) is 3. The molecule has 98 valence electrons. The van der Waals surface area contributed by atoms with Gasteiger partial charge in [-0.25, -0.2) is 4.79 Å². The number of hydrogen-bond donors (Lipinski definition) is 1. The molecule has 0 bridgehead atoms. The number of benzene rings is 2. The van der Waals surface area contributed by atoms with Gasteiger partial charge in [-0.2, -0.15) is 0 Å². The molecule has 0 radical (unpaired) electrons. The van der Waals surface area contributed by atoms with Crippen LogP contribution in [0.15, 0.2) is 36.4 Å². The predicted molar refractivity (Wildman–Crippen MR) is 71.7 cm³/mol. The minimum atomic E-state index is -1.07. The standard InChI is InChI=1S/C15H14O4/c1-9(16)14-12-6-4-3-5-11(12)7-8-13(14)19-10(2)15(17)18/h3-8,10H,1-2H3,(H,17,18)/t10-/m1/s1. The second kappa shape index (κ2) is 5.10. The van der Waals surface area contributed by atoms with Gasteiger partial charge in [0.2, 0.25) is 0 Å². The van der Waals surface area contributed by atoms with Crippen molar-refractivity contribution < 1.29 is 19.4 Å². The molecule has 0 heterocycles. The zero-order valence-electron chi connectivity index (χ0n) is 10.7. The van der Waals surface area contributed by atoms with Crippen molar-refractivity contribution in [2.24, 2.45) is 0 Å². The molecule has 0 aliphatic carbocycles. The van der Waals surface area contributed by atoms with Crippen molar-refractivity contribution in [1.29, 1.82) is 0 Å². The Morgan fingerprint density at radius 3 is 2.47 bits per heavy atom. The lowest BCUT2D eigenvalue weighted by Crippen LogP contribution is -2.23. The Balaban J connectivity index is 2.58. The predicted octanol–water partition coefficient (Wildman–Crippen LogP) is 2.89. The molecule has 0 saturated carbocycles. The normalized spacial score (nSPS) is 12.1. The Hall–Kier alpha value is -2.36. The minimum absolute atomic E-state index is 0.149. The maximum Gasteiger partial charge on any atom is 0.344 e. The molecule has 0 aliphatic rings. The lowest BCUT2D eigenvalue weighted by Gasteiger charge is -2.15. The Bertz CT molecular complexity index is 646. The van der Waals surface area contributed by atoms with Crippen molar-refractivity contribution in [1.82, 2.24) is 0 Å². The van der Waals surface area contributed by atoms with E-state index in [2.05, 4.69) is 0 Å². The Morgan fingerprint density at radius 2 is 1.84 bits per heavy atom. The molecule has 0 saturated heterocycles. The highest BCUT2D eigenvalue weighted by Crippen LogP contribution is 2.29. The van der Waals surface area contributed by atoms with Crippen molar-refractivity contribution in [2.45, 2.75) is 20.0 Å². The third-order valence-corrected chi connectivity index (χ3v) is 2.89. The minimum Gasteiger partial charge on any atom is -0.479 e. The van der Waals surface area contributed by atoms with Crippen LogP contribution >= 0.6 is 0 Å². The van der Waals surface area contributed by atoms with E-state index in [0.717, 1.165) is 10.8 Å². The fourth-order valence-corrected chi connectivity index (χ4v) is 1.95. The summed E-state index contributed by atoms with van der Waals surface area (Å²) in [7, 11) is 0. The molecule has 0 aliphatic heterocycles. The summed E-state index contributed by atoms with van der Waals surface area (Å²) >= 11 is 0. The number of ether oxygens (including phenoxy) is 1. The van der Waals surface area contributed by atoms with E-state index in [1.54, 1.807) is 6.07 Å². The highest BCUT2D eigenvalue weighted by Gasteiger charge is 2.18. The van der Waals surface area contributed by atoms with Gasteiger partial charge in [0, 0.05) is 0 Å². The Kier molecular flexibility index (Phi) is 3.51. The molecule has 0 amide bonds. The van der Waals surface area contributed by atoms with Crippen LogP contribution in [0.4, 0.5) is 0 Å². The van der Waals surface area contributed by atoms with Gasteiger partial charge in [-0.15, -0.1) is 0 Å². The summed E-state index contributed by atoms with van der Waals surface area (Å²) in [5.74, 6) is -0.909. The van der Waals surface area contributed by atoms with E-state index in [4.69, 9.17) is 9.84 Å². The first-order valence-electron chi connectivity index (χ1n) is 5.93. The van der Waals surface area contributed by atoms with Gasteiger partial charge in [-0.05, 0) is 30.7 Å². The molecular weight excluding hydrogens is 244 g/mol. The van der Waals surface area contributed by atoms with E-state index in [0.29, 0.717) is 11.3 Å². The van der Waals surface area contributed by atoms with Gasteiger partial charge in [0.15, 0.2) is 11.9 Å². The number of carbonyl (C=O) groups excluding carboxylic acids is 1. The fourth-order valence-electron chi connectivity index (χ4n) is 1.95. The summed E-state index contributed by atoms with van der Waals surface area (Å²) in [5, 5.41) is 10.6. The number of carboxylic acids is 1. The number of Topliss-reactive ketones (excluding diaryl/α,β-unsaturated/α-hetero) is 1. The molecule has 0 spiro atoms. The topological polar surface area (TPSA) is 63.6 Å². The molecule has 19 heavy (non-hydrogen) atoms. The summed E-state index contributed by atoms with van der Waals surface area (Å²) in [6.45, 7) is 2.88. The Labute approximate surface area is 110 Å². The van der Waals surface area contributed by atoms with Crippen molar-refractivity contribution in [3.8, 4) is 5.75 Å². The van der Waals surface area contributed by atoms with E-state index < -0.39 is 12.1 Å². The summed E-state index contributed by atoms with van der Waals surface area (Å²) in [4.78, 5) is 22.6. The smallest absolute Gasteiger partial charge is 0.344 e.